The zero-order valence-electron chi connectivity index (χ0n) is 28.9. The molecule has 0 aliphatic rings. The summed E-state index contributed by atoms with van der Waals surface area (Å²) in [4.78, 5) is 0. The summed E-state index contributed by atoms with van der Waals surface area (Å²) >= 11 is 0. The summed E-state index contributed by atoms with van der Waals surface area (Å²) in [7, 11) is 0. The second kappa shape index (κ2) is 35.2. The van der Waals surface area contributed by atoms with Crippen LogP contribution in [0, 0.1) is 11.8 Å². The van der Waals surface area contributed by atoms with Gasteiger partial charge in [-0.3, -0.25) is 0 Å². The third-order valence-corrected chi connectivity index (χ3v) is 8.43. The average Bonchev–Trinajstić information content (AvgIpc) is 2.96. The van der Waals surface area contributed by atoms with Gasteiger partial charge in [0.1, 0.15) is 0 Å². The van der Waals surface area contributed by atoms with E-state index in [4.69, 9.17) is 0 Å². The molecule has 0 aromatic heterocycles. The van der Waals surface area contributed by atoms with Crippen LogP contribution in [0.4, 0.5) is 0 Å². The molecule has 0 aliphatic heterocycles. The first-order valence-electron chi connectivity index (χ1n) is 18.8. The molecule has 240 valence electrons. The third kappa shape index (κ3) is 35.1. The van der Waals surface area contributed by atoms with Crippen LogP contribution >= 0.6 is 0 Å². The Morgan fingerprint density at radius 1 is 0.366 bits per heavy atom. The first-order chi connectivity index (χ1) is 20.2. The van der Waals surface area contributed by atoms with Crippen molar-refractivity contribution in [3.05, 3.63) is 48.6 Å². The molecule has 0 N–H and O–H groups in total. The molecule has 0 bridgehead atoms. The number of rotatable bonds is 32. The molecular weight excluding hydrogens is 492 g/mol. The number of hydrogen-bond donors (Lipinski definition) is 0. The van der Waals surface area contributed by atoms with Crippen molar-refractivity contribution in [3.63, 3.8) is 0 Å². The molecule has 0 fully saturated rings. The van der Waals surface area contributed by atoms with Crippen molar-refractivity contribution in [2.75, 3.05) is 0 Å². The second-order valence-corrected chi connectivity index (χ2v) is 13.2. The predicted molar refractivity (Wildman–Crippen MR) is 191 cm³/mol. The molecule has 0 aromatic rings. The van der Waals surface area contributed by atoms with Crippen molar-refractivity contribution in [1.82, 2.24) is 0 Å². The molecule has 41 heavy (non-hydrogen) atoms. The van der Waals surface area contributed by atoms with Gasteiger partial charge in [-0.1, -0.05) is 179 Å². The predicted octanol–water partition coefficient (Wildman–Crippen LogP) is 15.1. The van der Waals surface area contributed by atoms with E-state index in [1.165, 1.54) is 161 Å². The van der Waals surface area contributed by atoms with Gasteiger partial charge in [0.2, 0.25) is 0 Å². The van der Waals surface area contributed by atoms with E-state index < -0.39 is 0 Å². The smallest absolute Gasteiger partial charge is 0.0169 e. The Hall–Kier alpha value is -1.04. The minimum atomic E-state index is 0.856. The van der Waals surface area contributed by atoms with Gasteiger partial charge in [-0.05, 0) is 82.5 Å². The fourth-order valence-electron chi connectivity index (χ4n) is 5.89. The van der Waals surface area contributed by atoms with Crippen LogP contribution in [0.5, 0.6) is 0 Å². The molecule has 0 atom stereocenters. The van der Waals surface area contributed by atoms with E-state index in [0.29, 0.717) is 0 Å². The van der Waals surface area contributed by atoms with Crippen molar-refractivity contribution >= 4 is 0 Å². The zero-order chi connectivity index (χ0) is 29.9. The molecule has 0 saturated carbocycles. The van der Waals surface area contributed by atoms with E-state index in [-0.39, 0.29) is 0 Å². The van der Waals surface area contributed by atoms with Crippen LogP contribution in [0.15, 0.2) is 48.6 Å². The summed E-state index contributed by atoms with van der Waals surface area (Å²) in [5.74, 6) is 1.83. The zero-order valence-corrected chi connectivity index (χ0v) is 28.9. The minimum Gasteiger partial charge on any atom is -0.0882 e. The Balaban J connectivity index is 3.62. The Labute approximate surface area is 261 Å². The van der Waals surface area contributed by atoms with E-state index >= 15 is 0 Å². The molecular formula is C41H76. The highest BCUT2D eigenvalue weighted by atomic mass is 14.2. The van der Waals surface area contributed by atoms with Crippen molar-refractivity contribution in [3.8, 4) is 0 Å². The van der Waals surface area contributed by atoms with Gasteiger partial charge in [-0.15, -0.1) is 0 Å². The molecule has 0 amide bonds. The molecule has 0 saturated heterocycles. The van der Waals surface area contributed by atoms with Gasteiger partial charge in [0, 0.05) is 0 Å². The quantitative estimate of drug-likeness (QED) is 0.0559. The number of hydrogen-bond acceptors (Lipinski definition) is 0. The summed E-state index contributed by atoms with van der Waals surface area (Å²) in [6.45, 7) is 9.39. The summed E-state index contributed by atoms with van der Waals surface area (Å²) in [6, 6.07) is 0. The molecule has 0 aliphatic carbocycles. The first-order valence-corrected chi connectivity index (χ1v) is 18.8. The van der Waals surface area contributed by atoms with Gasteiger partial charge >= 0.3 is 0 Å². The molecule has 0 spiro atoms. The fourth-order valence-corrected chi connectivity index (χ4v) is 5.89. The summed E-state index contributed by atoms with van der Waals surface area (Å²) in [6.07, 6.45) is 55.9. The van der Waals surface area contributed by atoms with Crippen LogP contribution in [0.2, 0.25) is 0 Å². The standard InChI is InChI=1S/C41H76/c1-5-7-9-11-13-15-17-19-21-23-25-27-29-31-33-35-37-41(39-40(3)4)38-36-34-32-30-28-26-24-22-20-18-16-14-12-10-8-6-2/h13-16,19-22,40-41H,5-12,17-18,23-39H2,1-4H3/b15-13-,16-14-,21-19-,22-20-. The lowest BCUT2D eigenvalue weighted by Crippen LogP contribution is -2.05. The van der Waals surface area contributed by atoms with Gasteiger partial charge in [0.15, 0.2) is 0 Å². The van der Waals surface area contributed by atoms with Crippen molar-refractivity contribution in [2.24, 2.45) is 11.8 Å². The molecule has 0 heteroatoms. The van der Waals surface area contributed by atoms with E-state index in [1.54, 1.807) is 0 Å². The van der Waals surface area contributed by atoms with Gasteiger partial charge in [-0.2, -0.15) is 0 Å². The lowest BCUT2D eigenvalue weighted by atomic mass is 9.87. The van der Waals surface area contributed by atoms with E-state index in [0.717, 1.165) is 24.7 Å². The van der Waals surface area contributed by atoms with E-state index in [9.17, 15) is 0 Å². The largest absolute Gasteiger partial charge is 0.0882 e. The summed E-state index contributed by atoms with van der Waals surface area (Å²) < 4.78 is 0. The normalized spacial score (nSPS) is 12.6. The van der Waals surface area contributed by atoms with Crippen molar-refractivity contribution < 1.29 is 0 Å². The van der Waals surface area contributed by atoms with Crippen LogP contribution in [0.25, 0.3) is 0 Å². The minimum absolute atomic E-state index is 0.856. The van der Waals surface area contributed by atoms with Crippen LogP contribution in [-0.4, -0.2) is 0 Å². The first kappa shape index (κ1) is 40.0. The van der Waals surface area contributed by atoms with Crippen molar-refractivity contribution in [2.45, 2.75) is 201 Å². The lowest BCUT2D eigenvalue weighted by Gasteiger charge is -2.19. The molecule has 0 heterocycles. The highest BCUT2D eigenvalue weighted by molar-refractivity contribution is 4.93. The maximum absolute atomic E-state index is 2.42. The number of unbranched alkanes of at least 4 members (excludes halogenated alkanes) is 18. The van der Waals surface area contributed by atoms with E-state index in [2.05, 4.69) is 76.3 Å². The Morgan fingerprint density at radius 3 is 1.02 bits per heavy atom. The van der Waals surface area contributed by atoms with Gasteiger partial charge in [0.25, 0.3) is 0 Å². The van der Waals surface area contributed by atoms with Crippen LogP contribution in [0.3, 0.4) is 0 Å². The average molecular weight is 569 g/mol. The molecule has 0 nitrogen and oxygen atoms in total. The SMILES string of the molecule is CCCCC/C=C\C/C=C\CCCCCCCCC(CCCCCCCC/C=C\C/C=C\CCCCC)CC(C)C. The Kier molecular flexibility index (Phi) is 34.3. The topological polar surface area (TPSA) is 0 Å². The molecule has 0 unspecified atom stereocenters. The van der Waals surface area contributed by atoms with Crippen LogP contribution in [-0.2, 0) is 0 Å². The molecule has 0 radical (unpaired) electrons. The van der Waals surface area contributed by atoms with Crippen LogP contribution in [0.1, 0.15) is 201 Å². The highest BCUT2D eigenvalue weighted by Crippen LogP contribution is 2.25. The highest BCUT2D eigenvalue weighted by Gasteiger charge is 2.10. The number of allylic oxidation sites excluding steroid dienone is 8. The molecule has 0 rings (SSSR count). The summed E-state index contributed by atoms with van der Waals surface area (Å²) in [5.41, 5.74) is 0. The van der Waals surface area contributed by atoms with E-state index in [1.807, 2.05) is 0 Å². The van der Waals surface area contributed by atoms with Crippen molar-refractivity contribution in [1.29, 1.82) is 0 Å². The van der Waals surface area contributed by atoms with Gasteiger partial charge < -0.3 is 0 Å². The third-order valence-electron chi connectivity index (χ3n) is 8.43. The maximum Gasteiger partial charge on any atom is -0.0169 e. The summed E-state index contributed by atoms with van der Waals surface area (Å²) in [5, 5.41) is 0. The monoisotopic (exact) mass is 569 g/mol. The Bertz CT molecular complexity index is 541. The Morgan fingerprint density at radius 2 is 0.683 bits per heavy atom. The van der Waals surface area contributed by atoms with Gasteiger partial charge in [-0.25, -0.2) is 0 Å². The molecule has 0 aromatic carbocycles. The van der Waals surface area contributed by atoms with Gasteiger partial charge in [0.05, 0.1) is 0 Å². The lowest BCUT2D eigenvalue weighted by molar-refractivity contribution is 0.338. The fraction of sp³-hybridized carbons (Fsp3) is 0.805. The second-order valence-electron chi connectivity index (χ2n) is 13.2. The van der Waals surface area contributed by atoms with Crippen LogP contribution < -0.4 is 0 Å². The maximum atomic E-state index is 2.42.